The summed E-state index contributed by atoms with van der Waals surface area (Å²) in [5.74, 6) is 2.02. The Labute approximate surface area is 223 Å². The van der Waals surface area contributed by atoms with Crippen LogP contribution in [0.4, 0.5) is 19.0 Å². The maximum Gasteiger partial charge on any atom is 0.434 e. The summed E-state index contributed by atoms with van der Waals surface area (Å²) in [7, 11) is 3.09. The van der Waals surface area contributed by atoms with Gasteiger partial charge in [0.15, 0.2) is 11.5 Å². The molecule has 4 aromatic rings. The Morgan fingerprint density at radius 1 is 1.11 bits per heavy atom. The third-order valence-corrected chi connectivity index (χ3v) is 6.15. The highest BCUT2D eigenvalue weighted by Gasteiger charge is 2.34. The Hall–Kier alpha value is -3.77. The van der Waals surface area contributed by atoms with Crippen LogP contribution in [-0.4, -0.2) is 36.6 Å². The average Bonchev–Trinajstić information content (AvgIpc) is 3.67. The number of rotatable bonds is 8. The number of nitrogens with two attached hydrogens (primary N) is 1. The van der Waals surface area contributed by atoms with Crippen molar-refractivity contribution in [3.63, 3.8) is 0 Å². The van der Waals surface area contributed by atoms with Gasteiger partial charge in [-0.15, -0.1) is 12.4 Å². The zero-order valence-electron chi connectivity index (χ0n) is 20.7. The molecule has 0 spiro atoms. The van der Waals surface area contributed by atoms with E-state index in [-0.39, 0.29) is 24.8 Å². The third kappa shape index (κ3) is 5.55. The van der Waals surface area contributed by atoms with Crippen molar-refractivity contribution in [2.45, 2.75) is 38.0 Å². The molecule has 0 unspecified atom stereocenters. The molecule has 1 saturated carbocycles. The number of nitrogens with one attached hydrogen (secondary N) is 1. The van der Waals surface area contributed by atoms with Gasteiger partial charge < -0.3 is 20.4 Å². The Bertz CT molecular complexity index is 1420. The topological polar surface area (TPSA) is 117 Å². The number of alkyl halides is 3. The lowest BCUT2D eigenvalue weighted by molar-refractivity contribution is -0.140. The molecule has 0 amide bonds. The lowest BCUT2D eigenvalue weighted by Crippen LogP contribution is -2.10. The van der Waals surface area contributed by atoms with Crippen LogP contribution in [-0.2, 0) is 26.3 Å². The third-order valence-electron chi connectivity index (χ3n) is 6.15. The van der Waals surface area contributed by atoms with Crippen LogP contribution >= 0.6 is 12.4 Å². The van der Waals surface area contributed by atoms with Crippen LogP contribution in [0.2, 0.25) is 0 Å². The van der Waals surface area contributed by atoms with Crippen LogP contribution in [0.5, 0.6) is 5.88 Å². The molecule has 13 heteroatoms. The van der Waals surface area contributed by atoms with Gasteiger partial charge in [0.1, 0.15) is 23.5 Å². The van der Waals surface area contributed by atoms with E-state index in [1.165, 1.54) is 17.9 Å². The molecule has 5 rings (SSSR count). The van der Waals surface area contributed by atoms with E-state index in [0.717, 1.165) is 35.9 Å². The number of aromatic nitrogens is 6. The van der Waals surface area contributed by atoms with Gasteiger partial charge in [-0.2, -0.15) is 13.2 Å². The Morgan fingerprint density at radius 3 is 2.45 bits per heavy atom. The van der Waals surface area contributed by atoms with Crippen molar-refractivity contribution in [3.8, 4) is 28.7 Å². The van der Waals surface area contributed by atoms with Crippen molar-refractivity contribution in [2.75, 3.05) is 12.4 Å². The minimum Gasteiger partial charge on any atom is -0.480 e. The van der Waals surface area contributed by atoms with Crippen LogP contribution in [0.25, 0.3) is 22.8 Å². The van der Waals surface area contributed by atoms with Crippen LogP contribution in [0.3, 0.4) is 0 Å². The zero-order chi connectivity index (χ0) is 26.2. The molecule has 1 fully saturated rings. The number of halogens is 4. The number of methoxy groups -OCH3 is 1. The van der Waals surface area contributed by atoms with Gasteiger partial charge in [-0.1, -0.05) is 24.3 Å². The minimum absolute atomic E-state index is 0. The van der Waals surface area contributed by atoms with Crippen LogP contribution < -0.4 is 15.8 Å². The molecule has 200 valence electrons. The number of benzene rings is 1. The van der Waals surface area contributed by atoms with Gasteiger partial charge in [-0.05, 0) is 18.4 Å². The van der Waals surface area contributed by atoms with Crippen molar-refractivity contribution in [3.05, 3.63) is 65.5 Å². The van der Waals surface area contributed by atoms with Crippen molar-refractivity contribution in [2.24, 2.45) is 12.8 Å². The van der Waals surface area contributed by atoms with E-state index in [2.05, 4.69) is 25.3 Å². The highest BCUT2D eigenvalue weighted by molar-refractivity contribution is 5.85. The van der Waals surface area contributed by atoms with Gasteiger partial charge in [-0.25, -0.2) is 24.9 Å². The van der Waals surface area contributed by atoms with Crippen molar-refractivity contribution in [1.29, 1.82) is 0 Å². The summed E-state index contributed by atoms with van der Waals surface area (Å²) in [6.45, 7) is 0.649. The second kappa shape index (κ2) is 10.9. The Morgan fingerprint density at radius 2 is 1.84 bits per heavy atom. The fourth-order valence-electron chi connectivity index (χ4n) is 4.07. The molecule has 9 nitrogen and oxygen atoms in total. The van der Waals surface area contributed by atoms with Crippen molar-refractivity contribution in [1.82, 2.24) is 29.5 Å². The van der Waals surface area contributed by atoms with E-state index in [4.69, 9.17) is 15.5 Å². The minimum atomic E-state index is -4.49. The van der Waals surface area contributed by atoms with Gasteiger partial charge in [0.2, 0.25) is 5.88 Å². The highest BCUT2D eigenvalue weighted by Crippen LogP contribution is 2.45. The zero-order valence-corrected chi connectivity index (χ0v) is 21.5. The quantitative estimate of drug-likeness (QED) is 0.326. The number of anilines is 1. The van der Waals surface area contributed by atoms with E-state index in [9.17, 15) is 13.2 Å². The molecule has 3 heterocycles. The second-order valence-electron chi connectivity index (χ2n) is 8.80. The molecule has 1 aromatic carbocycles. The van der Waals surface area contributed by atoms with Crippen LogP contribution in [0.1, 0.15) is 41.3 Å². The van der Waals surface area contributed by atoms with Crippen molar-refractivity contribution < 1.29 is 17.9 Å². The maximum atomic E-state index is 13.0. The second-order valence-corrected chi connectivity index (χ2v) is 8.80. The van der Waals surface area contributed by atoms with Gasteiger partial charge in [-0.3, -0.25) is 0 Å². The fraction of sp³-hybridized carbons (Fsp3) is 0.320. The first-order chi connectivity index (χ1) is 17.8. The first kappa shape index (κ1) is 27.3. The summed E-state index contributed by atoms with van der Waals surface area (Å²) >= 11 is 0. The number of ether oxygens (including phenoxy) is 1. The molecule has 1 aliphatic rings. The monoisotopic (exact) mass is 546 g/mol. The number of hydrogen-bond donors (Lipinski definition) is 2. The lowest BCUT2D eigenvalue weighted by Gasteiger charge is -2.14. The number of imidazole rings is 1. The van der Waals surface area contributed by atoms with Crippen LogP contribution in [0, 0.1) is 0 Å². The number of aryl methyl sites for hydroxylation is 1. The van der Waals surface area contributed by atoms with Gasteiger partial charge in [0.05, 0.1) is 12.8 Å². The molecule has 38 heavy (non-hydrogen) atoms. The lowest BCUT2D eigenvalue weighted by atomic mass is 10.1. The predicted octanol–water partition coefficient (Wildman–Crippen LogP) is 4.73. The molecule has 3 aromatic heterocycles. The average molecular weight is 547 g/mol. The Balaban J connectivity index is 0.00000336. The van der Waals surface area contributed by atoms with Gasteiger partial charge in [0.25, 0.3) is 0 Å². The summed E-state index contributed by atoms with van der Waals surface area (Å²) in [4.78, 5) is 21.7. The van der Waals surface area contributed by atoms with Gasteiger partial charge >= 0.3 is 6.18 Å². The molecule has 3 N–H and O–H groups in total. The molecule has 0 radical (unpaired) electrons. The van der Waals surface area contributed by atoms with Gasteiger partial charge in [0, 0.05) is 49.6 Å². The largest absolute Gasteiger partial charge is 0.480 e. The smallest absolute Gasteiger partial charge is 0.434 e. The molecular weight excluding hydrogens is 521 g/mol. The van der Waals surface area contributed by atoms with E-state index < -0.39 is 11.9 Å². The number of nitrogens with zero attached hydrogens (tertiary/aromatic N) is 6. The highest BCUT2D eigenvalue weighted by atomic mass is 35.5. The summed E-state index contributed by atoms with van der Waals surface area (Å²) in [5.41, 5.74) is 8.77. The molecule has 0 aliphatic heterocycles. The summed E-state index contributed by atoms with van der Waals surface area (Å²) in [5, 5.41) is 3.30. The SMILES string of the molecule is COc1ncnc(C2CC2)c1-c1ncc(CN)c(NCc2ccc(-c3nc(C(F)(F)F)cn3C)cc2)n1.Cl. The summed E-state index contributed by atoms with van der Waals surface area (Å²) in [6.07, 6.45) is 1.74. The number of hydrogen-bond acceptors (Lipinski definition) is 8. The van der Waals surface area contributed by atoms with E-state index in [1.54, 1.807) is 25.4 Å². The molecule has 0 bridgehead atoms. The standard InChI is InChI=1S/C25H25F3N8O.ClH/c1-36-12-18(25(26,27)28)34-23(36)16-5-3-14(4-6-16)10-30-21-17(9-29)11-31-22(35-21)19-20(15-7-8-15)32-13-33-24(19)37-2;/h3-6,11-13,15H,7-10,29H2,1-2H3,(H,30,31,35);1H. The van der Waals surface area contributed by atoms with E-state index in [1.807, 2.05) is 12.1 Å². The maximum absolute atomic E-state index is 13.0. The predicted molar refractivity (Wildman–Crippen MR) is 138 cm³/mol. The van der Waals surface area contributed by atoms with Crippen LogP contribution in [0.15, 0.2) is 43.0 Å². The summed E-state index contributed by atoms with van der Waals surface area (Å²) < 4.78 is 45.9. The van der Waals surface area contributed by atoms with E-state index in [0.29, 0.717) is 41.1 Å². The molecule has 0 atom stereocenters. The van der Waals surface area contributed by atoms with E-state index >= 15 is 0 Å². The fourth-order valence-corrected chi connectivity index (χ4v) is 4.07. The first-order valence-electron chi connectivity index (χ1n) is 11.7. The van der Waals surface area contributed by atoms with Crippen molar-refractivity contribution >= 4 is 18.2 Å². The summed E-state index contributed by atoms with van der Waals surface area (Å²) in [6, 6.07) is 7.13. The Kier molecular flexibility index (Phi) is 7.83. The molecule has 1 aliphatic carbocycles. The first-order valence-corrected chi connectivity index (χ1v) is 11.7. The molecule has 0 saturated heterocycles. The molecular formula is C25H26ClF3N8O. The normalized spacial score (nSPS) is 13.2.